The van der Waals surface area contributed by atoms with Crippen molar-refractivity contribution in [2.24, 2.45) is 0 Å². The third-order valence-corrected chi connectivity index (χ3v) is 4.38. The van der Waals surface area contributed by atoms with Gasteiger partial charge in [0.2, 0.25) is 0 Å². The average Bonchev–Trinajstić information content (AvgIpc) is 2.96. The molecule has 1 atom stereocenters. The molecule has 1 N–H and O–H groups in total. The first-order chi connectivity index (χ1) is 9.73. The Morgan fingerprint density at radius 2 is 2.15 bits per heavy atom. The van der Waals surface area contributed by atoms with Gasteiger partial charge in [-0.15, -0.1) is 0 Å². The van der Waals surface area contributed by atoms with Crippen LogP contribution in [0.5, 0.6) is 5.75 Å². The second-order valence-corrected chi connectivity index (χ2v) is 5.53. The summed E-state index contributed by atoms with van der Waals surface area (Å²) < 4.78 is 5.82. The van der Waals surface area contributed by atoms with E-state index in [1.165, 1.54) is 30.4 Å². The first-order valence-electron chi connectivity index (χ1n) is 7.58. The van der Waals surface area contributed by atoms with Gasteiger partial charge < -0.3 is 10.1 Å². The van der Waals surface area contributed by atoms with Crippen molar-refractivity contribution in [3.05, 3.63) is 29.3 Å². The highest BCUT2D eigenvalue weighted by atomic mass is 16.5. The molecule has 2 rings (SSSR count). The maximum Gasteiger partial charge on any atom is 0.119 e. The Morgan fingerprint density at radius 3 is 2.85 bits per heavy atom. The van der Waals surface area contributed by atoms with Crippen molar-refractivity contribution in [3.8, 4) is 11.8 Å². The first-order valence-corrected chi connectivity index (χ1v) is 7.58. The highest BCUT2D eigenvalue weighted by molar-refractivity contribution is 5.38. The zero-order chi connectivity index (χ0) is 14.4. The number of nitriles is 1. The Bertz CT molecular complexity index is 486. The van der Waals surface area contributed by atoms with Crippen molar-refractivity contribution in [1.29, 1.82) is 5.26 Å². The smallest absolute Gasteiger partial charge is 0.119 e. The van der Waals surface area contributed by atoms with Crippen LogP contribution in [0.1, 0.15) is 43.7 Å². The Morgan fingerprint density at radius 1 is 1.35 bits per heavy atom. The maximum atomic E-state index is 9.25. The number of rotatable bonds is 7. The van der Waals surface area contributed by atoms with E-state index in [1.807, 2.05) is 14.0 Å². The molecule has 0 fully saturated rings. The highest BCUT2D eigenvalue weighted by Gasteiger charge is 2.24. The molecule has 3 heteroatoms. The molecule has 0 aliphatic heterocycles. The van der Waals surface area contributed by atoms with Gasteiger partial charge in [-0.25, -0.2) is 0 Å². The fraction of sp³-hybridized carbons (Fsp3) is 0.588. The minimum Gasteiger partial charge on any atom is -0.494 e. The van der Waals surface area contributed by atoms with Crippen molar-refractivity contribution in [1.82, 2.24) is 5.32 Å². The maximum absolute atomic E-state index is 9.25. The lowest BCUT2D eigenvalue weighted by atomic mass is 9.92. The number of ether oxygens (including phenoxy) is 1. The van der Waals surface area contributed by atoms with Crippen LogP contribution in [0.25, 0.3) is 0 Å². The summed E-state index contributed by atoms with van der Waals surface area (Å²) in [6, 6.07) is 8.82. The Labute approximate surface area is 121 Å². The molecule has 0 aromatic heterocycles. The van der Waals surface area contributed by atoms with Crippen LogP contribution in [0.3, 0.4) is 0 Å². The summed E-state index contributed by atoms with van der Waals surface area (Å²) in [5.41, 5.74) is 2.51. The molecular formula is C17H24N2O. The summed E-state index contributed by atoms with van der Waals surface area (Å²) in [5.74, 6) is 0.967. The third-order valence-electron chi connectivity index (χ3n) is 4.38. The van der Waals surface area contributed by atoms with Crippen LogP contribution in [0.15, 0.2) is 18.2 Å². The SMILES string of the molecule is CCC(C#N)(CCCOc1ccc2c(c1)CCC2)NC. The molecular weight excluding hydrogens is 248 g/mol. The zero-order valence-electron chi connectivity index (χ0n) is 12.5. The Balaban J connectivity index is 1.80. The topological polar surface area (TPSA) is 45.0 Å². The molecule has 1 aromatic rings. The van der Waals surface area contributed by atoms with Crippen molar-refractivity contribution < 1.29 is 4.74 Å². The minimum absolute atomic E-state index is 0.401. The van der Waals surface area contributed by atoms with Crippen LogP contribution < -0.4 is 10.1 Å². The summed E-state index contributed by atoms with van der Waals surface area (Å²) in [7, 11) is 1.86. The fourth-order valence-electron chi connectivity index (χ4n) is 2.87. The predicted octanol–water partition coefficient (Wildman–Crippen LogP) is 3.23. The van der Waals surface area contributed by atoms with Crippen molar-refractivity contribution in [3.63, 3.8) is 0 Å². The average molecular weight is 272 g/mol. The van der Waals surface area contributed by atoms with Gasteiger partial charge in [0.05, 0.1) is 12.7 Å². The molecule has 1 aliphatic carbocycles. The molecule has 0 saturated carbocycles. The molecule has 1 aliphatic rings. The molecule has 108 valence electrons. The van der Waals surface area contributed by atoms with Crippen molar-refractivity contribution in [2.75, 3.05) is 13.7 Å². The third kappa shape index (κ3) is 3.32. The molecule has 0 amide bonds. The van der Waals surface area contributed by atoms with E-state index in [9.17, 15) is 5.26 Å². The van der Waals surface area contributed by atoms with Gasteiger partial charge in [-0.2, -0.15) is 5.26 Å². The van der Waals surface area contributed by atoms with Gasteiger partial charge in [0.1, 0.15) is 11.3 Å². The lowest BCUT2D eigenvalue weighted by Crippen LogP contribution is -2.41. The number of nitrogens with zero attached hydrogens (tertiary/aromatic N) is 1. The van der Waals surface area contributed by atoms with Gasteiger partial charge in [-0.05, 0) is 68.8 Å². The van der Waals surface area contributed by atoms with E-state index in [-0.39, 0.29) is 0 Å². The van der Waals surface area contributed by atoms with Gasteiger partial charge in [0, 0.05) is 0 Å². The van der Waals surface area contributed by atoms with Crippen molar-refractivity contribution >= 4 is 0 Å². The van der Waals surface area contributed by atoms with Crippen LogP contribution in [0.2, 0.25) is 0 Å². The molecule has 0 heterocycles. The van der Waals surface area contributed by atoms with Crippen LogP contribution in [-0.2, 0) is 12.8 Å². The van der Waals surface area contributed by atoms with E-state index < -0.39 is 5.54 Å². The van der Waals surface area contributed by atoms with Gasteiger partial charge in [0.15, 0.2) is 0 Å². The lowest BCUT2D eigenvalue weighted by molar-refractivity contribution is 0.281. The number of benzene rings is 1. The van der Waals surface area contributed by atoms with Crippen molar-refractivity contribution in [2.45, 2.75) is 51.0 Å². The largest absolute Gasteiger partial charge is 0.494 e. The molecule has 0 saturated heterocycles. The molecule has 0 bridgehead atoms. The fourth-order valence-corrected chi connectivity index (χ4v) is 2.87. The quantitative estimate of drug-likeness (QED) is 0.775. The monoisotopic (exact) mass is 272 g/mol. The Hall–Kier alpha value is -1.53. The second kappa shape index (κ2) is 6.76. The molecule has 20 heavy (non-hydrogen) atoms. The summed E-state index contributed by atoms with van der Waals surface area (Å²) in [4.78, 5) is 0. The van der Waals surface area contributed by atoms with Gasteiger partial charge in [-0.1, -0.05) is 13.0 Å². The predicted molar refractivity (Wildman–Crippen MR) is 80.9 cm³/mol. The number of aryl methyl sites for hydroxylation is 2. The van der Waals surface area contributed by atoms with Crippen LogP contribution in [0.4, 0.5) is 0 Å². The van der Waals surface area contributed by atoms with Gasteiger partial charge >= 0.3 is 0 Å². The van der Waals surface area contributed by atoms with E-state index >= 15 is 0 Å². The molecule has 1 aromatic carbocycles. The van der Waals surface area contributed by atoms with Crippen LogP contribution in [-0.4, -0.2) is 19.2 Å². The number of hydrogen-bond donors (Lipinski definition) is 1. The highest BCUT2D eigenvalue weighted by Crippen LogP contribution is 2.26. The van der Waals surface area contributed by atoms with Gasteiger partial charge in [-0.3, -0.25) is 0 Å². The second-order valence-electron chi connectivity index (χ2n) is 5.53. The van der Waals surface area contributed by atoms with Crippen LogP contribution >= 0.6 is 0 Å². The standard InChI is InChI=1S/C17H24N2O/c1-3-17(13-18,19-2)10-5-11-20-16-9-8-14-6-4-7-15(14)12-16/h8-9,12,19H,3-7,10-11H2,1-2H3. The first kappa shape index (κ1) is 14.9. The van der Waals surface area contributed by atoms with Gasteiger partial charge in [0.25, 0.3) is 0 Å². The number of nitrogens with one attached hydrogen (secondary N) is 1. The summed E-state index contributed by atoms with van der Waals surface area (Å²) in [6.45, 7) is 2.71. The zero-order valence-corrected chi connectivity index (χ0v) is 12.5. The van der Waals surface area contributed by atoms with E-state index in [0.29, 0.717) is 6.61 Å². The molecule has 0 spiro atoms. The number of fused-ring (bicyclic) bond motifs is 1. The summed E-state index contributed by atoms with van der Waals surface area (Å²) in [5, 5.41) is 12.4. The lowest BCUT2D eigenvalue weighted by Gasteiger charge is -2.24. The van der Waals surface area contributed by atoms with Crippen LogP contribution in [0, 0.1) is 11.3 Å². The Kier molecular flexibility index (Phi) is 5.03. The summed E-state index contributed by atoms with van der Waals surface area (Å²) in [6.07, 6.45) is 6.18. The van der Waals surface area contributed by atoms with E-state index in [4.69, 9.17) is 4.74 Å². The minimum atomic E-state index is -0.401. The molecule has 1 unspecified atom stereocenters. The van der Waals surface area contributed by atoms with E-state index in [1.54, 1.807) is 0 Å². The van der Waals surface area contributed by atoms with E-state index in [0.717, 1.165) is 25.0 Å². The number of hydrogen-bond acceptors (Lipinski definition) is 3. The molecule has 3 nitrogen and oxygen atoms in total. The summed E-state index contributed by atoms with van der Waals surface area (Å²) >= 11 is 0. The normalized spacial score (nSPS) is 16.2. The molecule has 0 radical (unpaired) electrons. The van der Waals surface area contributed by atoms with E-state index in [2.05, 4.69) is 29.6 Å².